The van der Waals surface area contributed by atoms with Gasteiger partial charge in [0.15, 0.2) is 0 Å². The van der Waals surface area contributed by atoms with E-state index in [0.29, 0.717) is 30.1 Å². The Kier molecular flexibility index (Phi) is 8.92. The minimum atomic E-state index is -0.288. The molecule has 0 aliphatic carbocycles. The molecule has 0 saturated heterocycles. The van der Waals surface area contributed by atoms with Crippen molar-refractivity contribution in [1.82, 2.24) is 15.2 Å². The molecular weight excluding hydrogens is 482 g/mol. The maximum absolute atomic E-state index is 11.5. The van der Waals surface area contributed by atoms with E-state index in [9.17, 15) is 4.79 Å². The molecule has 0 aliphatic heterocycles. The first-order valence-corrected chi connectivity index (χ1v) is 11.4. The number of nitrogens with one attached hydrogen (secondary N) is 2. The molecule has 0 radical (unpaired) electrons. The highest BCUT2D eigenvalue weighted by molar-refractivity contribution is 9.10. The van der Waals surface area contributed by atoms with E-state index in [0.717, 1.165) is 22.0 Å². The van der Waals surface area contributed by atoms with Crippen LogP contribution in [-0.4, -0.2) is 39.7 Å². The molecule has 0 atom stereocenters. The number of nitrogens with zero attached hydrogens (tertiary/aromatic N) is 3. The molecule has 1 heterocycles. The maximum atomic E-state index is 11.5. The molecule has 0 saturated carbocycles. The van der Waals surface area contributed by atoms with Gasteiger partial charge in [-0.3, -0.25) is 4.79 Å². The number of carbonyl (C=O) groups excluding carboxylic acids is 1. The lowest BCUT2D eigenvalue weighted by Crippen LogP contribution is -2.07. The Balaban J connectivity index is 1.52. The van der Waals surface area contributed by atoms with Crippen molar-refractivity contribution in [3.8, 4) is 5.75 Å². The fourth-order valence-corrected chi connectivity index (χ4v) is 3.45. The van der Waals surface area contributed by atoms with Crippen LogP contribution in [0.25, 0.3) is 0 Å². The lowest BCUT2D eigenvalue weighted by atomic mass is 10.2. The van der Waals surface area contributed by atoms with Crippen LogP contribution in [0.1, 0.15) is 24.5 Å². The molecule has 0 spiro atoms. The summed E-state index contributed by atoms with van der Waals surface area (Å²) in [4.78, 5) is 15.8. The zero-order valence-electron chi connectivity index (χ0n) is 16.9. The molecule has 3 aromatic rings. The average molecular weight is 504 g/mol. The summed E-state index contributed by atoms with van der Waals surface area (Å²) >= 11 is 4.66. The van der Waals surface area contributed by atoms with Crippen molar-refractivity contribution in [3.05, 3.63) is 64.1 Å². The summed E-state index contributed by atoms with van der Waals surface area (Å²) in [5.74, 6) is 0.952. The fourth-order valence-electron chi connectivity index (χ4n) is 2.41. The third kappa shape index (κ3) is 7.72. The van der Waals surface area contributed by atoms with Gasteiger partial charge in [-0.2, -0.15) is 10.1 Å². The van der Waals surface area contributed by atoms with Gasteiger partial charge in [-0.25, -0.2) is 10.5 Å². The summed E-state index contributed by atoms with van der Waals surface area (Å²) < 4.78 is 12.0. The number of halogens is 1. The van der Waals surface area contributed by atoms with Gasteiger partial charge in [-0.05, 0) is 36.2 Å². The summed E-state index contributed by atoms with van der Waals surface area (Å²) in [6.07, 6.45) is 2.44. The van der Waals surface area contributed by atoms with Gasteiger partial charge in [0, 0.05) is 10.0 Å². The van der Waals surface area contributed by atoms with Crippen LogP contribution >= 0.6 is 27.7 Å². The molecule has 0 amide bonds. The van der Waals surface area contributed by atoms with Crippen LogP contribution in [0, 0.1) is 0 Å². The van der Waals surface area contributed by atoms with Gasteiger partial charge in [0.1, 0.15) is 12.4 Å². The van der Waals surface area contributed by atoms with E-state index in [1.165, 1.54) is 11.8 Å². The molecule has 8 nitrogen and oxygen atoms in total. The minimum Gasteiger partial charge on any atom is -0.488 e. The van der Waals surface area contributed by atoms with Gasteiger partial charge in [-0.1, -0.05) is 58.9 Å². The Morgan fingerprint density at radius 3 is 3.00 bits per heavy atom. The van der Waals surface area contributed by atoms with Crippen molar-refractivity contribution in [3.63, 3.8) is 0 Å². The molecule has 3 rings (SSSR count). The Morgan fingerprint density at radius 2 is 2.16 bits per heavy atom. The zero-order valence-corrected chi connectivity index (χ0v) is 19.3. The van der Waals surface area contributed by atoms with Gasteiger partial charge >= 0.3 is 5.97 Å². The Labute approximate surface area is 193 Å². The molecule has 0 unspecified atom stereocenters. The van der Waals surface area contributed by atoms with Crippen molar-refractivity contribution in [2.75, 3.05) is 17.8 Å². The Morgan fingerprint density at radius 1 is 1.29 bits per heavy atom. The molecule has 2 N–H and O–H groups in total. The number of anilines is 1. The summed E-state index contributed by atoms with van der Waals surface area (Å²) in [6, 6.07) is 15.6. The minimum absolute atomic E-state index is 0.156. The van der Waals surface area contributed by atoms with E-state index in [1.807, 2.05) is 55.5 Å². The van der Waals surface area contributed by atoms with E-state index >= 15 is 0 Å². The number of aromatic nitrogens is 3. The van der Waals surface area contributed by atoms with Crippen molar-refractivity contribution in [2.24, 2.45) is 5.10 Å². The molecule has 10 heteroatoms. The third-order valence-corrected chi connectivity index (χ3v) is 5.14. The summed E-state index contributed by atoms with van der Waals surface area (Å²) in [5.41, 5.74) is 4.67. The van der Waals surface area contributed by atoms with Gasteiger partial charge in [0.05, 0.1) is 18.6 Å². The summed E-state index contributed by atoms with van der Waals surface area (Å²) in [6.45, 7) is 2.81. The lowest BCUT2D eigenvalue weighted by molar-refractivity contribution is -0.140. The summed E-state index contributed by atoms with van der Waals surface area (Å²) in [7, 11) is 0. The topological polar surface area (TPSA) is 101 Å². The number of hydrogen-bond acceptors (Lipinski definition) is 8. The number of thioether (sulfide) groups is 1. The number of rotatable bonds is 11. The average Bonchev–Trinajstić information content (AvgIpc) is 3.23. The van der Waals surface area contributed by atoms with Gasteiger partial charge in [0.25, 0.3) is 0 Å². The number of hydrogen-bond donors (Lipinski definition) is 2. The van der Waals surface area contributed by atoms with Crippen LogP contribution in [0.3, 0.4) is 0 Å². The quantitative estimate of drug-likeness (QED) is 0.170. The lowest BCUT2D eigenvalue weighted by Gasteiger charge is -2.09. The van der Waals surface area contributed by atoms with E-state index in [1.54, 1.807) is 6.21 Å². The highest BCUT2D eigenvalue weighted by atomic mass is 79.9. The van der Waals surface area contributed by atoms with Gasteiger partial charge in [-0.15, -0.1) is 5.10 Å². The highest BCUT2D eigenvalue weighted by Gasteiger charge is 2.08. The number of hydrazone groups is 1. The Hall–Kier alpha value is -2.85. The monoisotopic (exact) mass is 503 g/mol. The molecule has 0 fully saturated rings. The number of aromatic amines is 1. The number of ether oxygens (including phenoxy) is 2. The third-order valence-electron chi connectivity index (χ3n) is 3.83. The van der Waals surface area contributed by atoms with Crippen LogP contribution in [0.4, 0.5) is 5.95 Å². The van der Waals surface area contributed by atoms with Crippen LogP contribution in [-0.2, 0) is 16.1 Å². The second-order valence-electron chi connectivity index (χ2n) is 6.30. The van der Waals surface area contributed by atoms with Crippen molar-refractivity contribution in [1.29, 1.82) is 0 Å². The first-order chi connectivity index (χ1) is 15.1. The second kappa shape index (κ2) is 12.1. The van der Waals surface area contributed by atoms with E-state index < -0.39 is 0 Å². The second-order valence-corrected chi connectivity index (χ2v) is 8.16. The fraction of sp³-hybridized carbons (Fsp3) is 0.238. The highest BCUT2D eigenvalue weighted by Crippen LogP contribution is 2.19. The molecule has 2 aromatic carbocycles. The van der Waals surface area contributed by atoms with Gasteiger partial charge < -0.3 is 9.47 Å². The van der Waals surface area contributed by atoms with E-state index in [2.05, 4.69) is 41.6 Å². The SMILES string of the molecule is CCCOC(=O)CSc1n[nH]c(N/N=C/c2ccccc2OCc2cccc(Br)c2)n1. The molecule has 0 bridgehead atoms. The Bertz CT molecular complexity index is 1030. The predicted octanol–water partition coefficient (Wildman–Crippen LogP) is 4.64. The standard InChI is InChI=1S/C21H22BrN5O3S/c1-2-10-29-19(28)14-31-21-24-20(26-27-21)25-23-12-16-7-3-4-9-18(16)30-13-15-6-5-8-17(22)11-15/h3-9,11-12H,2,10,13-14H2,1H3,(H2,24,25,26,27)/b23-12+. The van der Waals surface area contributed by atoms with Crippen LogP contribution in [0.2, 0.25) is 0 Å². The summed E-state index contributed by atoms with van der Waals surface area (Å²) in [5, 5.41) is 11.4. The number of esters is 1. The van der Waals surface area contributed by atoms with Crippen molar-refractivity contribution < 1.29 is 14.3 Å². The number of benzene rings is 2. The van der Waals surface area contributed by atoms with Crippen LogP contribution < -0.4 is 10.2 Å². The molecule has 31 heavy (non-hydrogen) atoms. The smallest absolute Gasteiger partial charge is 0.316 e. The van der Waals surface area contributed by atoms with Crippen molar-refractivity contribution in [2.45, 2.75) is 25.1 Å². The zero-order chi connectivity index (χ0) is 21.9. The number of H-pyrrole nitrogens is 1. The maximum Gasteiger partial charge on any atom is 0.316 e. The first-order valence-electron chi connectivity index (χ1n) is 9.60. The van der Waals surface area contributed by atoms with Crippen molar-refractivity contribution >= 4 is 45.8 Å². The first kappa shape index (κ1) is 22.8. The van der Waals surface area contributed by atoms with E-state index in [4.69, 9.17) is 9.47 Å². The van der Waals surface area contributed by atoms with Gasteiger partial charge in [0.2, 0.25) is 11.1 Å². The number of carbonyl (C=O) groups is 1. The van der Waals surface area contributed by atoms with Crippen LogP contribution in [0.5, 0.6) is 5.75 Å². The molecular formula is C21H22BrN5O3S. The van der Waals surface area contributed by atoms with E-state index in [-0.39, 0.29) is 11.7 Å². The van der Waals surface area contributed by atoms with Crippen LogP contribution in [0.15, 0.2) is 63.3 Å². The molecule has 0 aliphatic rings. The number of para-hydroxylation sites is 1. The largest absolute Gasteiger partial charge is 0.488 e. The molecule has 162 valence electrons. The normalized spacial score (nSPS) is 10.9. The molecule has 1 aromatic heterocycles. The predicted molar refractivity (Wildman–Crippen MR) is 124 cm³/mol.